The van der Waals surface area contributed by atoms with Gasteiger partial charge < -0.3 is 5.11 Å². The van der Waals surface area contributed by atoms with Gasteiger partial charge in [-0.1, -0.05) is 52.0 Å². The van der Waals surface area contributed by atoms with Gasteiger partial charge in [-0.25, -0.2) is 0 Å². The number of aliphatic carboxylic acids is 1. The first kappa shape index (κ1) is 13.8. The van der Waals surface area contributed by atoms with E-state index in [0.717, 1.165) is 5.56 Å². The lowest BCUT2D eigenvalue weighted by molar-refractivity contribution is -0.143. The summed E-state index contributed by atoms with van der Waals surface area (Å²) in [5.74, 6) is -0.347. The molecule has 0 spiro atoms. The van der Waals surface area contributed by atoms with Crippen LogP contribution in [0.5, 0.6) is 0 Å². The summed E-state index contributed by atoms with van der Waals surface area (Å²) in [4.78, 5) is 11.2. The topological polar surface area (TPSA) is 37.3 Å². The number of hydrogen-bond donors (Lipinski definition) is 1. The van der Waals surface area contributed by atoms with Crippen molar-refractivity contribution in [2.75, 3.05) is 0 Å². The predicted molar refractivity (Wildman–Crippen MR) is 70.2 cm³/mol. The summed E-state index contributed by atoms with van der Waals surface area (Å²) >= 11 is 0. The number of hydrogen-bond acceptors (Lipinski definition) is 1. The van der Waals surface area contributed by atoms with E-state index in [2.05, 4.69) is 26.0 Å². The first-order valence-corrected chi connectivity index (χ1v) is 6.23. The van der Waals surface area contributed by atoms with Crippen molar-refractivity contribution in [3.63, 3.8) is 0 Å². The lowest BCUT2D eigenvalue weighted by atomic mass is 9.88. The van der Waals surface area contributed by atoms with Crippen molar-refractivity contribution in [3.05, 3.63) is 35.4 Å². The van der Waals surface area contributed by atoms with Crippen LogP contribution in [-0.2, 0) is 11.2 Å². The second-order valence-electron chi connectivity index (χ2n) is 5.29. The van der Waals surface area contributed by atoms with E-state index in [1.165, 1.54) is 5.56 Å². The van der Waals surface area contributed by atoms with Crippen molar-refractivity contribution in [2.24, 2.45) is 11.8 Å². The van der Waals surface area contributed by atoms with Gasteiger partial charge in [0.2, 0.25) is 0 Å². The molecule has 0 radical (unpaired) electrons. The molecule has 1 rings (SSSR count). The highest BCUT2D eigenvalue weighted by Gasteiger charge is 2.21. The van der Waals surface area contributed by atoms with Gasteiger partial charge >= 0.3 is 5.97 Å². The first-order chi connectivity index (χ1) is 7.91. The zero-order chi connectivity index (χ0) is 13.0. The molecule has 0 aliphatic rings. The van der Waals surface area contributed by atoms with Crippen LogP contribution < -0.4 is 0 Å². The van der Waals surface area contributed by atoms with Crippen molar-refractivity contribution in [1.82, 2.24) is 0 Å². The van der Waals surface area contributed by atoms with Crippen LogP contribution in [0, 0.1) is 11.8 Å². The van der Waals surface area contributed by atoms with Gasteiger partial charge in [0.15, 0.2) is 0 Å². The Morgan fingerprint density at radius 3 is 2.35 bits per heavy atom. The third-order valence-electron chi connectivity index (χ3n) is 3.20. The maximum absolute atomic E-state index is 11.2. The van der Waals surface area contributed by atoms with Crippen molar-refractivity contribution in [3.8, 4) is 0 Å². The Balaban J connectivity index is 2.86. The van der Waals surface area contributed by atoms with Gasteiger partial charge in [-0.05, 0) is 29.4 Å². The Hall–Kier alpha value is -1.31. The molecule has 1 atom stereocenters. The van der Waals surface area contributed by atoms with Gasteiger partial charge in [-0.3, -0.25) is 4.79 Å². The number of carbonyl (C=O) groups is 1. The summed E-state index contributed by atoms with van der Waals surface area (Å²) in [6.07, 6.45) is 0.619. The zero-order valence-corrected chi connectivity index (χ0v) is 11.1. The van der Waals surface area contributed by atoms with Crippen molar-refractivity contribution >= 4 is 5.97 Å². The highest BCUT2D eigenvalue weighted by molar-refractivity contribution is 5.70. The Bertz CT molecular complexity index is 380. The maximum atomic E-state index is 11.2. The van der Waals surface area contributed by atoms with E-state index < -0.39 is 5.97 Å². The summed E-state index contributed by atoms with van der Waals surface area (Å²) in [7, 11) is 0. The molecule has 1 N–H and O–H groups in total. The molecule has 1 unspecified atom stereocenters. The molecule has 2 nitrogen and oxygen atoms in total. The van der Waals surface area contributed by atoms with Crippen LogP contribution in [0.1, 0.15) is 44.7 Å². The number of rotatable bonds is 5. The van der Waals surface area contributed by atoms with E-state index in [0.29, 0.717) is 12.3 Å². The fraction of sp³-hybridized carbons (Fsp3) is 0.533. The van der Waals surface area contributed by atoms with Crippen molar-refractivity contribution in [1.29, 1.82) is 0 Å². The minimum Gasteiger partial charge on any atom is -0.481 e. The molecular formula is C15H22O2. The summed E-state index contributed by atoms with van der Waals surface area (Å²) in [6, 6.07) is 8.26. The van der Waals surface area contributed by atoms with Crippen LogP contribution in [-0.4, -0.2) is 11.1 Å². The summed E-state index contributed by atoms with van der Waals surface area (Å²) in [6.45, 7) is 8.22. The maximum Gasteiger partial charge on any atom is 0.307 e. The van der Waals surface area contributed by atoms with Crippen LogP contribution in [0.2, 0.25) is 0 Å². The minimum atomic E-state index is -0.699. The van der Waals surface area contributed by atoms with E-state index in [1.807, 2.05) is 26.0 Å². The van der Waals surface area contributed by atoms with Crippen LogP contribution in [0.25, 0.3) is 0 Å². The van der Waals surface area contributed by atoms with Crippen LogP contribution in [0.15, 0.2) is 24.3 Å². The summed E-state index contributed by atoms with van der Waals surface area (Å²) in [5.41, 5.74) is 2.40. The molecule has 1 aromatic rings. The Morgan fingerprint density at radius 2 is 1.88 bits per heavy atom. The highest BCUT2D eigenvalue weighted by Crippen LogP contribution is 2.21. The van der Waals surface area contributed by atoms with Crippen molar-refractivity contribution < 1.29 is 9.90 Å². The van der Waals surface area contributed by atoms with E-state index in [-0.39, 0.29) is 11.8 Å². The lowest BCUT2D eigenvalue weighted by Gasteiger charge is -2.17. The molecule has 0 aliphatic carbocycles. The monoisotopic (exact) mass is 234 g/mol. The molecule has 0 heterocycles. The summed E-state index contributed by atoms with van der Waals surface area (Å²) in [5, 5.41) is 9.18. The molecule has 0 aliphatic heterocycles. The second kappa shape index (κ2) is 5.85. The molecule has 2 heteroatoms. The molecule has 17 heavy (non-hydrogen) atoms. The van der Waals surface area contributed by atoms with E-state index in [4.69, 9.17) is 0 Å². The fourth-order valence-corrected chi connectivity index (χ4v) is 1.94. The molecule has 0 fully saturated rings. The fourth-order valence-electron chi connectivity index (χ4n) is 1.94. The smallest absolute Gasteiger partial charge is 0.307 e. The first-order valence-electron chi connectivity index (χ1n) is 6.23. The van der Waals surface area contributed by atoms with Crippen molar-refractivity contribution in [2.45, 2.75) is 40.0 Å². The molecule has 0 amide bonds. The average Bonchev–Trinajstić information content (AvgIpc) is 2.25. The number of benzene rings is 1. The molecule has 0 saturated heterocycles. The van der Waals surface area contributed by atoms with Crippen LogP contribution in [0.4, 0.5) is 0 Å². The Kier molecular flexibility index (Phi) is 4.73. The zero-order valence-electron chi connectivity index (χ0n) is 11.1. The predicted octanol–water partition coefficient (Wildman–Crippen LogP) is 3.71. The largest absolute Gasteiger partial charge is 0.481 e. The molecule has 1 aromatic carbocycles. The Morgan fingerprint density at radius 1 is 1.24 bits per heavy atom. The SMILES string of the molecule is CC(C)c1cccc(CC(C(=O)O)C(C)C)c1. The molecule has 0 aromatic heterocycles. The molecule has 0 bridgehead atoms. The van der Waals surface area contributed by atoms with Gasteiger partial charge in [0.05, 0.1) is 5.92 Å². The molecule has 0 saturated carbocycles. The van der Waals surface area contributed by atoms with Gasteiger partial charge in [0, 0.05) is 0 Å². The number of carboxylic acids is 1. The van der Waals surface area contributed by atoms with E-state index in [1.54, 1.807) is 0 Å². The highest BCUT2D eigenvalue weighted by atomic mass is 16.4. The average molecular weight is 234 g/mol. The lowest BCUT2D eigenvalue weighted by Crippen LogP contribution is -2.22. The minimum absolute atomic E-state index is 0.162. The normalized spacial score (nSPS) is 13.1. The second-order valence-corrected chi connectivity index (χ2v) is 5.29. The standard InChI is InChI=1S/C15H22O2/c1-10(2)13-7-5-6-12(8-13)9-14(11(3)4)15(16)17/h5-8,10-11,14H,9H2,1-4H3,(H,16,17). The van der Waals surface area contributed by atoms with Gasteiger partial charge in [-0.2, -0.15) is 0 Å². The third-order valence-corrected chi connectivity index (χ3v) is 3.20. The summed E-state index contributed by atoms with van der Waals surface area (Å²) < 4.78 is 0. The van der Waals surface area contributed by atoms with Gasteiger partial charge in [0.1, 0.15) is 0 Å². The van der Waals surface area contributed by atoms with Gasteiger partial charge in [0.25, 0.3) is 0 Å². The van der Waals surface area contributed by atoms with Gasteiger partial charge in [-0.15, -0.1) is 0 Å². The van der Waals surface area contributed by atoms with E-state index >= 15 is 0 Å². The number of carboxylic acid groups (broad SMARTS) is 1. The molecular weight excluding hydrogens is 212 g/mol. The van der Waals surface area contributed by atoms with E-state index in [9.17, 15) is 9.90 Å². The quantitative estimate of drug-likeness (QED) is 0.843. The van der Waals surface area contributed by atoms with Crippen LogP contribution in [0.3, 0.4) is 0 Å². The third kappa shape index (κ3) is 3.88. The van der Waals surface area contributed by atoms with Crippen LogP contribution >= 0.6 is 0 Å². The molecule has 94 valence electrons. The Labute approximate surface area is 104 Å².